The third-order valence-electron chi connectivity index (χ3n) is 1.54. The van der Waals surface area contributed by atoms with Gasteiger partial charge in [0.1, 0.15) is 5.75 Å². The zero-order valence-electron chi connectivity index (χ0n) is 12.3. The van der Waals surface area contributed by atoms with Crippen LogP contribution in [0.4, 0.5) is 0 Å². The quantitative estimate of drug-likeness (QED) is 0.660. The summed E-state index contributed by atoms with van der Waals surface area (Å²) < 4.78 is 5.67. The Balaban J connectivity index is 0. The molecular formula is C16H26O. The van der Waals surface area contributed by atoms with Crippen molar-refractivity contribution in [1.82, 2.24) is 0 Å². The number of para-hydroxylation sites is 1. The Morgan fingerprint density at radius 3 is 1.82 bits per heavy atom. The largest absolute Gasteiger partial charge is 0.475 e. The Kier molecular flexibility index (Phi) is 11.7. The summed E-state index contributed by atoms with van der Waals surface area (Å²) in [4.78, 5) is 0. The van der Waals surface area contributed by atoms with Crippen molar-refractivity contribution in [2.24, 2.45) is 0 Å². The highest BCUT2D eigenvalue weighted by Gasteiger charge is 2.15. The van der Waals surface area contributed by atoms with E-state index < -0.39 is 5.60 Å². The number of ether oxygens (including phenoxy) is 1. The Bertz CT molecular complexity index is 314. The molecule has 0 fully saturated rings. The van der Waals surface area contributed by atoms with Crippen molar-refractivity contribution in [2.45, 2.75) is 54.1 Å². The molecule has 1 rings (SSSR count). The Labute approximate surface area is 107 Å². The normalized spacial score (nSPS) is 8.41. The molecule has 0 aromatic heterocycles. The average Bonchev–Trinajstić information content (AvgIpc) is 2.34. The van der Waals surface area contributed by atoms with E-state index in [-0.39, 0.29) is 0 Å². The molecule has 0 heterocycles. The zero-order valence-corrected chi connectivity index (χ0v) is 12.3. The fourth-order valence-corrected chi connectivity index (χ4v) is 1.11. The van der Waals surface area contributed by atoms with Gasteiger partial charge in [-0.15, -0.1) is 5.92 Å². The van der Waals surface area contributed by atoms with Gasteiger partial charge in [-0.2, -0.15) is 0 Å². The summed E-state index contributed by atoms with van der Waals surface area (Å²) in [6.07, 6.45) is 0. The van der Waals surface area contributed by atoms with Crippen LogP contribution in [0.15, 0.2) is 30.3 Å². The summed E-state index contributed by atoms with van der Waals surface area (Å²) in [6, 6.07) is 9.72. The molecule has 96 valence electrons. The van der Waals surface area contributed by atoms with E-state index in [4.69, 9.17) is 4.74 Å². The molecule has 0 spiro atoms. The standard InChI is InChI=1S/C12H14O.2C2H6/c1-4-10-12(2,3)13-11-8-6-5-7-9-11;2*1-2/h5-9H,1-3H3;2*1-2H3. The van der Waals surface area contributed by atoms with Gasteiger partial charge in [0, 0.05) is 0 Å². The van der Waals surface area contributed by atoms with Crippen molar-refractivity contribution in [3.63, 3.8) is 0 Å². The van der Waals surface area contributed by atoms with E-state index in [1.165, 1.54) is 0 Å². The minimum Gasteiger partial charge on any atom is -0.475 e. The molecular weight excluding hydrogens is 208 g/mol. The molecule has 0 atom stereocenters. The van der Waals surface area contributed by atoms with Gasteiger partial charge in [0.25, 0.3) is 0 Å². The Morgan fingerprint density at radius 2 is 1.41 bits per heavy atom. The number of hydrogen-bond donors (Lipinski definition) is 0. The second kappa shape index (κ2) is 11.1. The van der Waals surface area contributed by atoms with Gasteiger partial charge in [-0.1, -0.05) is 51.8 Å². The molecule has 0 aliphatic heterocycles. The first-order valence-corrected chi connectivity index (χ1v) is 6.32. The highest BCUT2D eigenvalue weighted by Crippen LogP contribution is 2.16. The molecule has 1 aromatic carbocycles. The van der Waals surface area contributed by atoms with E-state index in [2.05, 4.69) is 11.8 Å². The molecule has 0 amide bonds. The molecule has 17 heavy (non-hydrogen) atoms. The molecule has 0 saturated heterocycles. The molecule has 0 N–H and O–H groups in total. The van der Waals surface area contributed by atoms with Crippen LogP contribution >= 0.6 is 0 Å². The smallest absolute Gasteiger partial charge is 0.163 e. The van der Waals surface area contributed by atoms with Crippen molar-refractivity contribution < 1.29 is 4.74 Å². The second-order valence-electron chi connectivity index (χ2n) is 3.30. The minimum absolute atomic E-state index is 0.407. The van der Waals surface area contributed by atoms with Gasteiger partial charge < -0.3 is 4.74 Å². The number of benzene rings is 1. The average molecular weight is 234 g/mol. The maximum atomic E-state index is 5.67. The summed E-state index contributed by atoms with van der Waals surface area (Å²) in [7, 11) is 0. The fraction of sp³-hybridized carbons (Fsp3) is 0.500. The minimum atomic E-state index is -0.407. The van der Waals surface area contributed by atoms with Crippen LogP contribution in [-0.2, 0) is 0 Å². The molecule has 0 aliphatic rings. The summed E-state index contributed by atoms with van der Waals surface area (Å²) in [5.74, 6) is 6.71. The van der Waals surface area contributed by atoms with Crippen molar-refractivity contribution in [2.75, 3.05) is 0 Å². The lowest BCUT2D eigenvalue weighted by atomic mass is 10.1. The van der Waals surface area contributed by atoms with Crippen LogP contribution in [0.2, 0.25) is 0 Å². The summed E-state index contributed by atoms with van der Waals surface area (Å²) in [5.41, 5.74) is -0.407. The molecule has 0 saturated carbocycles. The maximum absolute atomic E-state index is 5.67. The fourth-order valence-electron chi connectivity index (χ4n) is 1.11. The van der Waals surface area contributed by atoms with E-state index in [0.29, 0.717) is 0 Å². The van der Waals surface area contributed by atoms with Crippen molar-refractivity contribution >= 4 is 0 Å². The molecule has 1 nitrogen and oxygen atoms in total. The van der Waals surface area contributed by atoms with Gasteiger partial charge >= 0.3 is 0 Å². The number of rotatable bonds is 2. The third kappa shape index (κ3) is 9.51. The van der Waals surface area contributed by atoms with Gasteiger partial charge in [-0.25, -0.2) is 0 Å². The first kappa shape index (κ1) is 18.0. The van der Waals surface area contributed by atoms with Crippen LogP contribution in [0, 0.1) is 11.8 Å². The zero-order chi connectivity index (χ0) is 13.7. The molecule has 0 unspecified atom stereocenters. The molecule has 1 aromatic rings. The van der Waals surface area contributed by atoms with Crippen LogP contribution in [0.3, 0.4) is 0 Å². The van der Waals surface area contributed by atoms with E-state index >= 15 is 0 Å². The topological polar surface area (TPSA) is 9.23 Å². The van der Waals surface area contributed by atoms with Crippen LogP contribution in [0.25, 0.3) is 0 Å². The summed E-state index contributed by atoms with van der Waals surface area (Å²) in [5, 5.41) is 0. The highest BCUT2D eigenvalue weighted by molar-refractivity contribution is 5.24. The lowest BCUT2D eigenvalue weighted by Crippen LogP contribution is -2.25. The van der Waals surface area contributed by atoms with Gasteiger partial charge in [0.15, 0.2) is 5.60 Å². The van der Waals surface area contributed by atoms with Crippen LogP contribution < -0.4 is 4.74 Å². The van der Waals surface area contributed by atoms with Gasteiger partial charge in [0.2, 0.25) is 0 Å². The molecule has 0 radical (unpaired) electrons. The first-order valence-electron chi connectivity index (χ1n) is 6.32. The van der Waals surface area contributed by atoms with Crippen LogP contribution in [-0.4, -0.2) is 5.60 Å². The maximum Gasteiger partial charge on any atom is 0.163 e. The van der Waals surface area contributed by atoms with Crippen LogP contribution in [0.5, 0.6) is 5.75 Å². The summed E-state index contributed by atoms with van der Waals surface area (Å²) >= 11 is 0. The number of hydrogen-bond acceptors (Lipinski definition) is 1. The van der Waals surface area contributed by atoms with E-state index in [1.54, 1.807) is 0 Å². The second-order valence-corrected chi connectivity index (χ2v) is 3.30. The van der Waals surface area contributed by atoms with Crippen molar-refractivity contribution in [3.05, 3.63) is 30.3 Å². The lowest BCUT2D eigenvalue weighted by molar-refractivity contribution is 0.172. The van der Waals surface area contributed by atoms with E-state index in [1.807, 2.05) is 78.8 Å². The van der Waals surface area contributed by atoms with E-state index in [9.17, 15) is 0 Å². The van der Waals surface area contributed by atoms with Crippen molar-refractivity contribution in [1.29, 1.82) is 0 Å². The Morgan fingerprint density at radius 1 is 0.941 bits per heavy atom. The van der Waals surface area contributed by atoms with Gasteiger partial charge in [0.05, 0.1) is 0 Å². The SMILES string of the molecule is CC.CC.CC#CC(C)(C)Oc1ccccc1. The third-order valence-corrected chi connectivity index (χ3v) is 1.54. The highest BCUT2D eigenvalue weighted by atomic mass is 16.5. The predicted octanol–water partition coefficient (Wildman–Crippen LogP) is 4.92. The monoisotopic (exact) mass is 234 g/mol. The molecule has 0 bridgehead atoms. The van der Waals surface area contributed by atoms with Crippen LogP contribution in [0.1, 0.15) is 48.5 Å². The molecule has 0 aliphatic carbocycles. The Hall–Kier alpha value is -1.42. The van der Waals surface area contributed by atoms with Gasteiger partial charge in [-0.3, -0.25) is 0 Å². The van der Waals surface area contributed by atoms with Crippen molar-refractivity contribution in [3.8, 4) is 17.6 Å². The molecule has 1 heteroatoms. The van der Waals surface area contributed by atoms with E-state index in [0.717, 1.165) is 5.75 Å². The van der Waals surface area contributed by atoms with Gasteiger partial charge in [-0.05, 0) is 32.9 Å². The predicted molar refractivity (Wildman–Crippen MR) is 77.3 cm³/mol. The summed E-state index contributed by atoms with van der Waals surface area (Å²) in [6.45, 7) is 13.7. The first-order chi connectivity index (χ1) is 8.14. The lowest BCUT2D eigenvalue weighted by Gasteiger charge is -2.20.